The molecular weight excluding hydrogens is 246 g/mol. The molecule has 1 rings (SSSR count). The van der Waals surface area contributed by atoms with Crippen molar-refractivity contribution >= 4 is 11.8 Å². The summed E-state index contributed by atoms with van der Waals surface area (Å²) in [4.78, 5) is 25.0. The first-order valence-corrected chi connectivity index (χ1v) is 6.55. The van der Waals surface area contributed by atoms with Crippen LogP contribution in [0.1, 0.15) is 12.8 Å². The summed E-state index contributed by atoms with van der Waals surface area (Å²) in [5.41, 5.74) is 0. The Balaban J connectivity index is 2.22. The van der Waals surface area contributed by atoms with Crippen molar-refractivity contribution in [2.75, 3.05) is 39.9 Å². The van der Waals surface area contributed by atoms with Crippen LogP contribution in [-0.4, -0.2) is 62.7 Å². The van der Waals surface area contributed by atoms with E-state index in [2.05, 4.69) is 17.2 Å². The van der Waals surface area contributed by atoms with Crippen molar-refractivity contribution < 1.29 is 14.3 Å². The lowest BCUT2D eigenvalue weighted by atomic mass is 10.0. The SMILES string of the molecule is C=CCNCC(=O)N1CCC(NC(=O)COC)CC1. The maximum Gasteiger partial charge on any atom is 0.246 e. The van der Waals surface area contributed by atoms with Crippen LogP contribution < -0.4 is 10.6 Å². The largest absolute Gasteiger partial charge is 0.375 e. The van der Waals surface area contributed by atoms with E-state index in [-0.39, 0.29) is 24.5 Å². The molecule has 2 amide bonds. The van der Waals surface area contributed by atoms with E-state index < -0.39 is 0 Å². The Morgan fingerprint density at radius 2 is 2.11 bits per heavy atom. The smallest absolute Gasteiger partial charge is 0.246 e. The topological polar surface area (TPSA) is 70.7 Å². The average molecular weight is 269 g/mol. The van der Waals surface area contributed by atoms with E-state index in [9.17, 15) is 9.59 Å². The zero-order chi connectivity index (χ0) is 14.1. The molecule has 0 bridgehead atoms. The zero-order valence-electron chi connectivity index (χ0n) is 11.5. The molecule has 0 radical (unpaired) electrons. The molecule has 0 aliphatic carbocycles. The highest BCUT2D eigenvalue weighted by Crippen LogP contribution is 2.10. The second-order valence-corrected chi connectivity index (χ2v) is 4.58. The standard InChI is InChI=1S/C13H23N3O3/c1-3-6-14-9-13(18)16-7-4-11(5-8-16)15-12(17)10-19-2/h3,11,14H,1,4-10H2,2H3,(H,15,17). The van der Waals surface area contributed by atoms with E-state index in [0.29, 0.717) is 26.2 Å². The van der Waals surface area contributed by atoms with E-state index in [1.54, 1.807) is 6.08 Å². The average Bonchev–Trinajstić information content (AvgIpc) is 2.40. The Morgan fingerprint density at radius 1 is 1.42 bits per heavy atom. The molecule has 1 fully saturated rings. The molecule has 108 valence electrons. The van der Waals surface area contributed by atoms with E-state index in [1.807, 2.05) is 4.90 Å². The predicted molar refractivity (Wildman–Crippen MR) is 72.7 cm³/mol. The first-order valence-electron chi connectivity index (χ1n) is 6.55. The lowest BCUT2D eigenvalue weighted by molar-refractivity contribution is -0.131. The molecule has 6 nitrogen and oxygen atoms in total. The number of methoxy groups -OCH3 is 1. The van der Waals surface area contributed by atoms with E-state index >= 15 is 0 Å². The summed E-state index contributed by atoms with van der Waals surface area (Å²) in [6, 6.07) is 0.146. The zero-order valence-corrected chi connectivity index (χ0v) is 11.5. The Kier molecular flexibility index (Phi) is 7.14. The fourth-order valence-corrected chi connectivity index (χ4v) is 2.07. The number of likely N-dealkylation sites (tertiary alicyclic amines) is 1. The molecule has 0 saturated carbocycles. The Hall–Kier alpha value is -1.40. The van der Waals surface area contributed by atoms with Gasteiger partial charge in [-0.3, -0.25) is 9.59 Å². The number of hydrogen-bond donors (Lipinski definition) is 2. The number of rotatable bonds is 7. The van der Waals surface area contributed by atoms with Gasteiger partial charge >= 0.3 is 0 Å². The molecule has 1 heterocycles. The van der Waals surface area contributed by atoms with Gasteiger partial charge in [-0.15, -0.1) is 6.58 Å². The van der Waals surface area contributed by atoms with Crippen molar-refractivity contribution in [1.82, 2.24) is 15.5 Å². The minimum atomic E-state index is -0.0973. The number of ether oxygens (including phenoxy) is 1. The summed E-state index contributed by atoms with van der Waals surface area (Å²) < 4.78 is 4.77. The third kappa shape index (κ3) is 5.85. The van der Waals surface area contributed by atoms with Crippen molar-refractivity contribution in [2.24, 2.45) is 0 Å². The van der Waals surface area contributed by atoms with E-state index in [1.165, 1.54) is 7.11 Å². The van der Waals surface area contributed by atoms with Crippen LogP contribution >= 0.6 is 0 Å². The van der Waals surface area contributed by atoms with Crippen LogP contribution in [0.3, 0.4) is 0 Å². The van der Waals surface area contributed by atoms with Crippen LogP contribution in [0.25, 0.3) is 0 Å². The second-order valence-electron chi connectivity index (χ2n) is 4.58. The molecule has 0 unspecified atom stereocenters. The fraction of sp³-hybridized carbons (Fsp3) is 0.692. The van der Waals surface area contributed by atoms with Crippen molar-refractivity contribution in [1.29, 1.82) is 0 Å². The van der Waals surface area contributed by atoms with E-state index in [0.717, 1.165) is 12.8 Å². The van der Waals surface area contributed by atoms with Crippen LogP contribution in [0.15, 0.2) is 12.7 Å². The maximum atomic E-state index is 11.8. The summed E-state index contributed by atoms with van der Waals surface area (Å²) in [6.07, 6.45) is 3.32. The third-order valence-electron chi connectivity index (χ3n) is 3.05. The molecule has 0 spiro atoms. The number of nitrogens with zero attached hydrogens (tertiary/aromatic N) is 1. The lowest BCUT2D eigenvalue weighted by Gasteiger charge is -2.32. The van der Waals surface area contributed by atoms with Gasteiger partial charge in [-0.05, 0) is 12.8 Å². The molecule has 0 atom stereocenters. The molecule has 2 N–H and O–H groups in total. The monoisotopic (exact) mass is 269 g/mol. The highest BCUT2D eigenvalue weighted by molar-refractivity contribution is 5.79. The predicted octanol–water partition coefficient (Wildman–Crippen LogP) is -0.484. The number of carbonyl (C=O) groups excluding carboxylic acids is 2. The van der Waals surface area contributed by atoms with Crippen LogP contribution in [0.2, 0.25) is 0 Å². The van der Waals surface area contributed by atoms with Gasteiger partial charge in [-0.25, -0.2) is 0 Å². The minimum absolute atomic E-state index is 0.0879. The van der Waals surface area contributed by atoms with Crippen molar-refractivity contribution in [2.45, 2.75) is 18.9 Å². The highest BCUT2D eigenvalue weighted by atomic mass is 16.5. The van der Waals surface area contributed by atoms with Gasteiger partial charge in [0.2, 0.25) is 11.8 Å². The summed E-state index contributed by atoms with van der Waals surface area (Å²) in [5.74, 6) is 0.00319. The first kappa shape index (κ1) is 15.7. The Labute approximate surface area is 114 Å². The maximum absolute atomic E-state index is 11.8. The quantitative estimate of drug-likeness (QED) is 0.483. The van der Waals surface area contributed by atoms with Gasteiger partial charge in [0, 0.05) is 32.8 Å². The van der Waals surface area contributed by atoms with Gasteiger partial charge in [0.15, 0.2) is 0 Å². The van der Waals surface area contributed by atoms with Crippen LogP contribution in [0.5, 0.6) is 0 Å². The van der Waals surface area contributed by atoms with Gasteiger partial charge in [0.05, 0.1) is 6.54 Å². The Morgan fingerprint density at radius 3 is 2.68 bits per heavy atom. The second kappa shape index (κ2) is 8.66. The molecule has 0 aromatic rings. The van der Waals surface area contributed by atoms with Crippen LogP contribution in [-0.2, 0) is 14.3 Å². The fourth-order valence-electron chi connectivity index (χ4n) is 2.07. The van der Waals surface area contributed by atoms with Gasteiger partial charge < -0.3 is 20.3 Å². The van der Waals surface area contributed by atoms with Crippen molar-refractivity contribution in [3.05, 3.63) is 12.7 Å². The number of hydrogen-bond acceptors (Lipinski definition) is 4. The number of amides is 2. The molecule has 6 heteroatoms. The number of nitrogens with one attached hydrogen (secondary N) is 2. The lowest BCUT2D eigenvalue weighted by Crippen LogP contribution is -2.49. The minimum Gasteiger partial charge on any atom is -0.375 e. The molecule has 1 aliphatic heterocycles. The summed E-state index contributed by atoms with van der Waals surface area (Å²) in [7, 11) is 1.50. The van der Waals surface area contributed by atoms with Crippen LogP contribution in [0.4, 0.5) is 0 Å². The summed E-state index contributed by atoms with van der Waals surface area (Å²) in [6.45, 7) is 6.02. The normalized spacial score (nSPS) is 16.2. The Bertz CT molecular complexity index is 312. The van der Waals surface area contributed by atoms with E-state index in [4.69, 9.17) is 4.74 Å². The van der Waals surface area contributed by atoms with Crippen molar-refractivity contribution in [3.8, 4) is 0 Å². The van der Waals surface area contributed by atoms with Gasteiger partial charge in [0.25, 0.3) is 0 Å². The highest BCUT2D eigenvalue weighted by Gasteiger charge is 2.23. The number of carbonyl (C=O) groups is 2. The van der Waals surface area contributed by atoms with Crippen LogP contribution in [0, 0.1) is 0 Å². The number of piperidine rings is 1. The van der Waals surface area contributed by atoms with Crippen molar-refractivity contribution in [3.63, 3.8) is 0 Å². The van der Waals surface area contributed by atoms with Gasteiger partial charge in [-0.1, -0.05) is 6.08 Å². The third-order valence-corrected chi connectivity index (χ3v) is 3.05. The summed E-state index contributed by atoms with van der Waals surface area (Å²) >= 11 is 0. The molecule has 1 aliphatic rings. The van der Waals surface area contributed by atoms with Gasteiger partial charge in [0.1, 0.15) is 6.61 Å². The molecule has 1 saturated heterocycles. The van der Waals surface area contributed by atoms with Gasteiger partial charge in [-0.2, -0.15) is 0 Å². The summed E-state index contributed by atoms with van der Waals surface area (Å²) in [5, 5.41) is 5.90. The molecule has 19 heavy (non-hydrogen) atoms. The first-order chi connectivity index (χ1) is 9.17. The molecule has 0 aromatic carbocycles. The molecule has 0 aromatic heterocycles. The molecular formula is C13H23N3O3.